The molecule has 4 nitrogen and oxygen atoms in total. The summed E-state index contributed by atoms with van der Waals surface area (Å²) in [4.78, 5) is 22.4. The summed E-state index contributed by atoms with van der Waals surface area (Å²) in [6.45, 7) is 7.33. The molecule has 0 unspecified atom stereocenters. The van der Waals surface area contributed by atoms with E-state index in [4.69, 9.17) is 0 Å². The minimum absolute atomic E-state index is 0.148. The first-order valence-electron chi connectivity index (χ1n) is 6.02. The molecule has 2 aromatic rings. The van der Waals surface area contributed by atoms with Gasteiger partial charge in [-0.05, 0) is 6.07 Å². The van der Waals surface area contributed by atoms with Crippen LogP contribution < -0.4 is 0 Å². The molecule has 0 amide bonds. The number of nitrogens with zero attached hydrogens (tertiary/aromatic N) is 2. The summed E-state index contributed by atoms with van der Waals surface area (Å²) in [5, 5.41) is 0. The fourth-order valence-electron chi connectivity index (χ4n) is 1.74. The maximum Gasteiger partial charge on any atom is 0.181 e. The summed E-state index contributed by atoms with van der Waals surface area (Å²) < 4.78 is 14.2. The lowest BCUT2D eigenvalue weighted by molar-refractivity contribution is 0.100. The summed E-state index contributed by atoms with van der Waals surface area (Å²) in [5.41, 5.74) is 0.561. The van der Waals surface area contributed by atoms with Crippen LogP contribution >= 0.6 is 0 Å². The van der Waals surface area contributed by atoms with Crippen molar-refractivity contribution in [2.75, 3.05) is 0 Å². The van der Waals surface area contributed by atoms with E-state index in [1.165, 1.54) is 19.2 Å². The van der Waals surface area contributed by atoms with E-state index in [0.717, 1.165) is 5.82 Å². The zero-order valence-corrected chi connectivity index (χ0v) is 11.4. The lowest BCUT2D eigenvalue weighted by Gasteiger charge is -2.14. The molecule has 0 aromatic carbocycles. The van der Waals surface area contributed by atoms with Crippen LogP contribution in [0.4, 0.5) is 4.39 Å². The molecular formula is C14H16FN3O. The maximum atomic E-state index is 14.2. The van der Waals surface area contributed by atoms with Crippen LogP contribution in [0.5, 0.6) is 0 Å². The summed E-state index contributed by atoms with van der Waals surface area (Å²) in [6, 6.07) is 1.53. The number of imidazole rings is 1. The Bertz CT molecular complexity index is 626. The Morgan fingerprint density at radius 1 is 1.32 bits per heavy atom. The second-order valence-electron chi connectivity index (χ2n) is 5.47. The van der Waals surface area contributed by atoms with Gasteiger partial charge < -0.3 is 4.98 Å². The fraction of sp³-hybridized carbons (Fsp3) is 0.357. The third-order valence-electron chi connectivity index (χ3n) is 2.80. The molecule has 0 saturated carbocycles. The van der Waals surface area contributed by atoms with Crippen LogP contribution in [-0.2, 0) is 5.41 Å². The molecule has 2 rings (SSSR count). The van der Waals surface area contributed by atoms with Crippen LogP contribution in [0.2, 0.25) is 0 Å². The van der Waals surface area contributed by atoms with Crippen LogP contribution in [0, 0.1) is 5.82 Å². The molecule has 5 heteroatoms. The number of ketones is 1. The van der Waals surface area contributed by atoms with Crippen LogP contribution in [0.15, 0.2) is 18.5 Å². The van der Waals surface area contributed by atoms with Crippen molar-refractivity contribution >= 4 is 5.78 Å². The number of rotatable bonds is 2. The van der Waals surface area contributed by atoms with Gasteiger partial charge in [0, 0.05) is 24.1 Å². The zero-order chi connectivity index (χ0) is 14.2. The van der Waals surface area contributed by atoms with E-state index in [1.54, 1.807) is 6.20 Å². The van der Waals surface area contributed by atoms with Crippen molar-refractivity contribution in [3.8, 4) is 11.3 Å². The van der Waals surface area contributed by atoms with E-state index in [2.05, 4.69) is 15.0 Å². The standard InChI is InChI=1S/C14H16FN3O/c1-8(19)12-11(15)9(5-6-16-12)10-7-17-13(18-10)14(2,3)4/h5-7H,1-4H3,(H,17,18). The number of halogens is 1. The Kier molecular flexibility index (Phi) is 3.22. The molecule has 0 aliphatic carbocycles. The van der Waals surface area contributed by atoms with Crippen molar-refractivity contribution in [2.45, 2.75) is 33.1 Å². The smallest absolute Gasteiger partial charge is 0.181 e. The molecule has 0 saturated heterocycles. The van der Waals surface area contributed by atoms with Gasteiger partial charge in [0.15, 0.2) is 11.6 Å². The lowest BCUT2D eigenvalue weighted by Crippen LogP contribution is -2.13. The van der Waals surface area contributed by atoms with Gasteiger partial charge in [0.25, 0.3) is 0 Å². The van der Waals surface area contributed by atoms with E-state index in [9.17, 15) is 9.18 Å². The predicted octanol–water partition coefficient (Wildman–Crippen LogP) is 3.11. The molecule has 100 valence electrons. The first-order chi connectivity index (χ1) is 8.80. The van der Waals surface area contributed by atoms with Gasteiger partial charge in [-0.25, -0.2) is 14.4 Å². The molecule has 0 atom stereocenters. The normalized spacial score (nSPS) is 11.6. The zero-order valence-electron chi connectivity index (χ0n) is 11.4. The predicted molar refractivity (Wildman–Crippen MR) is 70.5 cm³/mol. The summed E-state index contributed by atoms with van der Waals surface area (Å²) >= 11 is 0. The highest BCUT2D eigenvalue weighted by molar-refractivity contribution is 5.93. The third kappa shape index (κ3) is 2.54. The van der Waals surface area contributed by atoms with Gasteiger partial charge in [0.2, 0.25) is 0 Å². The van der Waals surface area contributed by atoms with Gasteiger partial charge in [-0.15, -0.1) is 0 Å². The van der Waals surface area contributed by atoms with Gasteiger partial charge in [0.05, 0.1) is 11.9 Å². The number of pyridine rings is 1. The van der Waals surface area contributed by atoms with E-state index in [0.29, 0.717) is 11.3 Å². The quantitative estimate of drug-likeness (QED) is 0.845. The highest BCUT2D eigenvalue weighted by Crippen LogP contribution is 2.26. The van der Waals surface area contributed by atoms with Crippen molar-refractivity contribution in [2.24, 2.45) is 0 Å². The van der Waals surface area contributed by atoms with Crippen molar-refractivity contribution in [1.82, 2.24) is 15.0 Å². The molecule has 0 radical (unpaired) electrons. The molecule has 0 aliphatic rings. The van der Waals surface area contributed by atoms with Crippen molar-refractivity contribution < 1.29 is 9.18 Å². The lowest BCUT2D eigenvalue weighted by atomic mass is 9.96. The number of carbonyl (C=O) groups is 1. The minimum atomic E-state index is -0.612. The highest BCUT2D eigenvalue weighted by atomic mass is 19.1. The van der Waals surface area contributed by atoms with Crippen molar-refractivity contribution in [3.63, 3.8) is 0 Å². The average Bonchev–Trinajstić information content (AvgIpc) is 2.77. The van der Waals surface area contributed by atoms with Crippen LogP contribution in [0.3, 0.4) is 0 Å². The number of nitrogens with one attached hydrogen (secondary N) is 1. The Morgan fingerprint density at radius 2 is 2.00 bits per heavy atom. The van der Waals surface area contributed by atoms with Gasteiger partial charge in [-0.1, -0.05) is 20.8 Å². The summed E-state index contributed by atoms with van der Waals surface area (Å²) in [6.07, 6.45) is 3.00. The monoisotopic (exact) mass is 261 g/mol. The fourth-order valence-corrected chi connectivity index (χ4v) is 1.74. The molecular weight excluding hydrogens is 245 g/mol. The van der Waals surface area contributed by atoms with Crippen LogP contribution in [0.1, 0.15) is 44.0 Å². The van der Waals surface area contributed by atoms with E-state index >= 15 is 0 Å². The Labute approximate surface area is 111 Å². The SMILES string of the molecule is CC(=O)c1nccc(-c2cnc(C(C)(C)C)[nH]2)c1F. The van der Waals surface area contributed by atoms with Gasteiger partial charge >= 0.3 is 0 Å². The van der Waals surface area contributed by atoms with E-state index < -0.39 is 11.6 Å². The number of aromatic amines is 1. The van der Waals surface area contributed by atoms with E-state index in [-0.39, 0.29) is 11.1 Å². The van der Waals surface area contributed by atoms with Crippen LogP contribution in [-0.4, -0.2) is 20.7 Å². The molecule has 0 spiro atoms. The van der Waals surface area contributed by atoms with E-state index in [1.807, 2.05) is 20.8 Å². The van der Waals surface area contributed by atoms with Crippen LogP contribution in [0.25, 0.3) is 11.3 Å². The summed E-state index contributed by atoms with van der Waals surface area (Å²) in [5.74, 6) is -0.239. The largest absolute Gasteiger partial charge is 0.341 e. The maximum absolute atomic E-state index is 14.2. The first-order valence-corrected chi connectivity index (χ1v) is 6.02. The number of H-pyrrole nitrogens is 1. The number of aromatic nitrogens is 3. The molecule has 19 heavy (non-hydrogen) atoms. The second-order valence-corrected chi connectivity index (χ2v) is 5.47. The Hall–Kier alpha value is -2.04. The Balaban J connectivity index is 2.51. The molecule has 2 aromatic heterocycles. The highest BCUT2D eigenvalue weighted by Gasteiger charge is 2.20. The number of Topliss-reactive ketones (excluding diaryl/α,β-unsaturated/α-hetero) is 1. The average molecular weight is 261 g/mol. The van der Waals surface area contributed by atoms with Gasteiger partial charge in [-0.2, -0.15) is 0 Å². The number of hydrogen-bond acceptors (Lipinski definition) is 3. The molecule has 0 bridgehead atoms. The number of carbonyl (C=O) groups excluding carboxylic acids is 1. The molecule has 2 heterocycles. The molecule has 0 fully saturated rings. The molecule has 0 aliphatic heterocycles. The minimum Gasteiger partial charge on any atom is -0.341 e. The first kappa shape index (κ1) is 13.4. The topological polar surface area (TPSA) is 58.6 Å². The van der Waals surface area contributed by atoms with Crippen molar-refractivity contribution in [3.05, 3.63) is 35.8 Å². The van der Waals surface area contributed by atoms with Crippen molar-refractivity contribution in [1.29, 1.82) is 0 Å². The number of hydrogen-bond donors (Lipinski definition) is 1. The second kappa shape index (κ2) is 4.57. The summed E-state index contributed by atoms with van der Waals surface area (Å²) in [7, 11) is 0. The Morgan fingerprint density at radius 3 is 2.53 bits per heavy atom. The third-order valence-corrected chi connectivity index (χ3v) is 2.80. The van der Waals surface area contributed by atoms with Gasteiger partial charge in [-0.3, -0.25) is 4.79 Å². The molecule has 1 N–H and O–H groups in total. The van der Waals surface area contributed by atoms with Gasteiger partial charge in [0.1, 0.15) is 11.5 Å².